The first kappa shape index (κ1) is 17.2. The van der Waals surface area contributed by atoms with Crippen LogP contribution in [0.5, 0.6) is 0 Å². The molecule has 1 aliphatic heterocycles. The number of nitrogens with one attached hydrogen (secondary N) is 2. The topological polar surface area (TPSA) is 70.2 Å². The molecule has 3 rings (SSSR count). The second-order valence-corrected chi connectivity index (χ2v) is 7.37. The van der Waals surface area contributed by atoms with Crippen molar-refractivity contribution in [1.82, 2.24) is 15.3 Å². The van der Waals surface area contributed by atoms with Crippen molar-refractivity contribution in [3.05, 3.63) is 42.2 Å². The lowest BCUT2D eigenvalue weighted by Gasteiger charge is -2.20. The summed E-state index contributed by atoms with van der Waals surface area (Å²) in [5.74, 6) is 0.301. The Kier molecular flexibility index (Phi) is 4.88. The summed E-state index contributed by atoms with van der Waals surface area (Å²) in [5.41, 5.74) is 2.34. The average Bonchev–Trinajstić information content (AvgIpc) is 3.09. The van der Waals surface area contributed by atoms with Gasteiger partial charge in [-0.1, -0.05) is 0 Å². The molecule has 2 aromatic rings. The van der Waals surface area contributed by atoms with E-state index in [1.54, 1.807) is 0 Å². The summed E-state index contributed by atoms with van der Waals surface area (Å²) in [4.78, 5) is 22.9. The maximum absolute atomic E-state index is 12.1. The Morgan fingerprint density at radius 1 is 1.04 bits per heavy atom. The highest BCUT2D eigenvalue weighted by Crippen LogP contribution is 2.23. The van der Waals surface area contributed by atoms with E-state index in [1.807, 2.05) is 32.9 Å². The molecule has 1 amide bonds. The zero-order chi connectivity index (χ0) is 17.9. The van der Waals surface area contributed by atoms with E-state index in [0.717, 1.165) is 18.8 Å². The van der Waals surface area contributed by atoms with Crippen LogP contribution in [0.2, 0.25) is 0 Å². The van der Waals surface area contributed by atoms with Gasteiger partial charge in [0.25, 0.3) is 5.91 Å². The Balaban J connectivity index is 1.62. The molecule has 0 saturated carbocycles. The molecule has 0 atom stereocenters. The summed E-state index contributed by atoms with van der Waals surface area (Å²) in [6.45, 7) is 8.08. The highest BCUT2D eigenvalue weighted by Gasteiger charge is 2.16. The molecule has 6 heteroatoms. The number of anilines is 3. The van der Waals surface area contributed by atoms with Crippen molar-refractivity contribution in [2.75, 3.05) is 23.3 Å². The van der Waals surface area contributed by atoms with Crippen LogP contribution in [0.4, 0.5) is 17.3 Å². The van der Waals surface area contributed by atoms with E-state index in [9.17, 15) is 4.79 Å². The predicted octanol–water partition coefficient (Wildman–Crippen LogP) is 3.35. The number of hydrogen-bond acceptors (Lipinski definition) is 5. The first-order valence-corrected chi connectivity index (χ1v) is 8.67. The van der Waals surface area contributed by atoms with E-state index in [4.69, 9.17) is 0 Å². The fourth-order valence-corrected chi connectivity index (χ4v) is 2.78. The molecule has 2 heterocycles. The third-order valence-corrected chi connectivity index (χ3v) is 4.00. The fraction of sp³-hybridized carbons (Fsp3) is 0.421. The van der Waals surface area contributed by atoms with Gasteiger partial charge in [-0.25, -0.2) is 9.97 Å². The van der Waals surface area contributed by atoms with Gasteiger partial charge in [-0.05, 0) is 57.9 Å². The molecule has 1 aromatic carbocycles. The monoisotopic (exact) mass is 339 g/mol. The molecule has 0 spiro atoms. The van der Waals surface area contributed by atoms with Crippen LogP contribution in [-0.4, -0.2) is 34.5 Å². The Morgan fingerprint density at radius 3 is 2.20 bits per heavy atom. The number of amides is 1. The first-order valence-electron chi connectivity index (χ1n) is 8.67. The van der Waals surface area contributed by atoms with E-state index in [-0.39, 0.29) is 11.4 Å². The van der Waals surface area contributed by atoms with E-state index in [2.05, 4.69) is 37.6 Å². The minimum atomic E-state index is -0.287. The Hall–Kier alpha value is -2.63. The Morgan fingerprint density at radius 2 is 1.64 bits per heavy atom. The maximum atomic E-state index is 12.1. The maximum Gasteiger partial charge on any atom is 0.254 e. The molecule has 25 heavy (non-hydrogen) atoms. The summed E-state index contributed by atoms with van der Waals surface area (Å²) in [7, 11) is 0. The normalized spacial score (nSPS) is 14.4. The Bertz CT molecular complexity index is 713. The molecule has 6 nitrogen and oxygen atoms in total. The largest absolute Gasteiger partial charge is 0.372 e. The lowest BCUT2D eigenvalue weighted by molar-refractivity contribution is 0.0919. The van der Waals surface area contributed by atoms with Crippen LogP contribution in [0.3, 0.4) is 0 Å². The SMILES string of the molecule is CC(C)(C)NC(=O)c1cnc(Nc2ccc(N3CCCC3)cc2)nc1. The number of rotatable bonds is 4. The van der Waals surface area contributed by atoms with Gasteiger partial charge in [0.1, 0.15) is 0 Å². The van der Waals surface area contributed by atoms with Crippen molar-refractivity contribution >= 4 is 23.2 Å². The number of hydrogen-bond donors (Lipinski definition) is 2. The average molecular weight is 339 g/mol. The van der Waals surface area contributed by atoms with Crippen molar-refractivity contribution in [3.63, 3.8) is 0 Å². The van der Waals surface area contributed by atoms with Gasteiger partial charge in [0.05, 0.1) is 5.56 Å². The quantitative estimate of drug-likeness (QED) is 0.894. The molecule has 2 N–H and O–H groups in total. The summed E-state index contributed by atoms with van der Waals surface area (Å²) in [5, 5.41) is 6.06. The molecule has 1 aromatic heterocycles. The molecule has 1 saturated heterocycles. The van der Waals surface area contributed by atoms with Crippen LogP contribution < -0.4 is 15.5 Å². The summed E-state index contributed by atoms with van der Waals surface area (Å²) >= 11 is 0. The van der Waals surface area contributed by atoms with Crippen molar-refractivity contribution in [3.8, 4) is 0 Å². The minimum absolute atomic E-state index is 0.172. The number of carbonyl (C=O) groups is 1. The van der Waals surface area contributed by atoms with Gasteiger partial charge in [0.2, 0.25) is 5.95 Å². The number of aromatic nitrogens is 2. The van der Waals surface area contributed by atoms with E-state index in [1.165, 1.54) is 30.9 Å². The summed E-state index contributed by atoms with van der Waals surface area (Å²) < 4.78 is 0. The van der Waals surface area contributed by atoms with Crippen LogP contribution in [0.25, 0.3) is 0 Å². The lowest BCUT2D eigenvalue weighted by Crippen LogP contribution is -2.40. The van der Waals surface area contributed by atoms with Crippen molar-refractivity contribution < 1.29 is 4.79 Å². The van der Waals surface area contributed by atoms with Gasteiger partial charge in [-0.2, -0.15) is 0 Å². The van der Waals surface area contributed by atoms with E-state index >= 15 is 0 Å². The lowest BCUT2D eigenvalue weighted by atomic mass is 10.1. The Labute approximate surface area is 148 Å². The van der Waals surface area contributed by atoms with Crippen LogP contribution in [0, 0.1) is 0 Å². The molecule has 1 aliphatic rings. The van der Waals surface area contributed by atoms with Gasteiger partial charge in [0.15, 0.2) is 0 Å². The summed E-state index contributed by atoms with van der Waals surface area (Å²) in [6.07, 6.45) is 5.61. The molecule has 132 valence electrons. The molecule has 0 radical (unpaired) electrons. The number of nitrogens with zero attached hydrogens (tertiary/aromatic N) is 3. The third-order valence-electron chi connectivity index (χ3n) is 4.00. The first-order chi connectivity index (χ1) is 11.9. The third kappa shape index (κ3) is 4.68. The van der Waals surface area contributed by atoms with Gasteiger partial charge < -0.3 is 15.5 Å². The number of benzene rings is 1. The highest BCUT2D eigenvalue weighted by atomic mass is 16.1. The van der Waals surface area contributed by atoms with Crippen molar-refractivity contribution in [2.24, 2.45) is 0 Å². The van der Waals surface area contributed by atoms with E-state index in [0.29, 0.717) is 11.5 Å². The van der Waals surface area contributed by atoms with Gasteiger partial charge in [0, 0.05) is 42.4 Å². The predicted molar refractivity (Wildman–Crippen MR) is 100 cm³/mol. The summed E-state index contributed by atoms with van der Waals surface area (Å²) in [6, 6.07) is 8.27. The molecular weight excluding hydrogens is 314 g/mol. The molecule has 0 unspecified atom stereocenters. The fourth-order valence-electron chi connectivity index (χ4n) is 2.78. The minimum Gasteiger partial charge on any atom is -0.372 e. The second kappa shape index (κ2) is 7.09. The molecule has 0 bridgehead atoms. The van der Waals surface area contributed by atoms with Crippen LogP contribution in [0.15, 0.2) is 36.7 Å². The molecule has 1 fully saturated rings. The van der Waals surface area contributed by atoms with Crippen LogP contribution in [0.1, 0.15) is 44.0 Å². The van der Waals surface area contributed by atoms with Crippen molar-refractivity contribution in [1.29, 1.82) is 0 Å². The number of carbonyl (C=O) groups excluding carboxylic acids is 1. The smallest absolute Gasteiger partial charge is 0.254 e. The van der Waals surface area contributed by atoms with Crippen molar-refractivity contribution in [2.45, 2.75) is 39.2 Å². The molecule has 0 aliphatic carbocycles. The highest BCUT2D eigenvalue weighted by molar-refractivity contribution is 5.94. The molecular formula is C19H25N5O. The zero-order valence-electron chi connectivity index (χ0n) is 15.0. The zero-order valence-corrected chi connectivity index (χ0v) is 15.0. The second-order valence-electron chi connectivity index (χ2n) is 7.37. The standard InChI is InChI=1S/C19H25N5O/c1-19(2,3)23-17(25)14-12-20-18(21-13-14)22-15-6-8-16(9-7-15)24-10-4-5-11-24/h6-9,12-13H,4-5,10-11H2,1-3H3,(H,23,25)(H,20,21,22). The van der Waals surface area contributed by atoms with Gasteiger partial charge in [-0.3, -0.25) is 4.79 Å². The van der Waals surface area contributed by atoms with Gasteiger partial charge in [-0.15, -0.1) is 0 Å². The van der Waals surface area contributed by atoms with E-state index < -0.39 is 0 Å². The van der Waals surface area contributed by atoms with Crippen LogP contribution >= 0.6 is 0 Å². The van der Waals surface area contributed by atoms with Crippen LogP contribution in [-0.2, 0) is 0 Å². The van der Waals surface area contributed by atoms with Gasteiger partial charge >= 0.3 is 0 Å².